The average molecular weight is 240 g/mol. The molecule has 0 bridgehead atoms. The van der Waals surface area contributed by atoms with E-state index < -0.39 is 5.60 Å². The molecule has 4 heteroatoms. The molecule has 1 saturated heterocycles. The van der Waals surface area contributed by atoms with E-state index in [1.165, 1.54) is 6.92 Å². The monoisotopic (exact) mass is 239 g/mol. The maximum Gasteiger partial charge on any atom is 0.167 e. The van der Waals surface area contributed by atoms with E-state index in [4.69, 9.17) is 16.3 Å². The molecule has 0 aliphatic carbocycles. The summed E-state index contributed by atoms with van der Waals surface area (Å²) in [7, 11) is 0. The van der Waals surface area contributed by atoms with E-state index in [0.29, 0.717) is 18.2 Å². The van der Waals surface area contributed by atoms with Gasteiger partial charge in [-0.2, -0.15) is 0 Å². The van der Waals surface area contributed by atoms with Crippen molar-refractivity contribution in [2.75, 3.05) is 19.7 Å². The third-order valence-corrected chi connectivity index (χ3v) is 3.21. The Bertz CT molecular complexity index is 400. The molecule has 1 aromatic rings. The zero-order chi connectivity index (χ0) is 11.6. The van der Waals surface area contributed by atoms with Gasteiger partial charge in [-0.15, -0.1) is 0 Å². The van der Waals surface area contributed by atoms with Gasteiger partial charge in [0.2, 0.25) is 0 Å². The molecule has 0 saturated carbocycles. The maximum absolute atomic E-state index is 11.8. The van der Waals surface area contributed by atoms with Crippen molar-refractivity contribution in [1.29, 1.82) is 0 Å². The maximum atomic E-state index is 11.8. The summed E-state index contributed by atoms with van der Waals surface area (Å²) in [6.45, 7) is 3.30. The van der Waals surface area contributed by atoms with E-state index in [1.807, 2.05) is 18.2 Å². The smallest absolute Gasteiger partial charge is 0.167 e. The minimum atomic E-state index is -0.920. The Balaban J connectivity index is 2.47. The molecule has 86 valence electrons. The second-order valence-corrected chi connectivity index (χ2v) is 4.30. The summed E-state index contributed by atoms with van der Waals surface area (Å²) in [4.78, 5) is 11.8. The van der Waals surface area contributed by atoms with Gasteiger partial charge in [-0.3, -0.25) is 4.79 Å². The molecule has 0 radical (unpaired) electrons. The fraction of sp³-hybridized carbons (Fsp3) is 0.417. The number of halogens is 1. The first-order chi connectivity index (χ1) is 7.67. The molecule has 2 rings (SSSR count). The largest absolute Gasteiger partial charge is 0.360 e. The van der Waals surface area contributed by atoms with Crippen molar-refractivity contribution in [2.24, 2.45) is 0 Å². The molecule has 1 aromatic carbocycles. The molecule has 1 aliphatic rings. The van der Waals surface area contributed by atoms with E-state index in [0.717, 1.165) is 12.1 Å². The SMILES string of the molecule is CC(=O)C1(c2ccccc2Cl)CNCCO1. The predicted molar refractivity (Wildman–Crippen MR) is 62.6 cm³/mol. The fourth-order valence-electron chi connectivity index (χ4n) is 1.99. The Hall–Kier alpha value is -0.900. The van der Waals surface area contributed by atoms with Crippen LogP contribution in [0.1, 0.15) is 12.5 Å². The third kappa shape index (κ3) is 1.86. The predicted octanol–water partition coefficient (Wildman–Crippen LogP) is 1.74. The van der Waals surface area contributed by atoms with Crippen LogP contribution < -0.4 is 5.32 Å². The first-order valence-corrected chi connectivity index (χ1v) is 5.65. The fourth-order valence-corrected chi connectivity index (χ4v) is 2.28. The molecule has 0 aromatic heterocycles. The standard InChI is InChI=1S/C12H14ClNO2/c1-9(15)12(8-14-6-7-16-12)10-4-2-3-5-11(10)13/h2-5,14H,6-8H2,1H3. The van der Waals surface area contributed by atoms with Crippen LogP contribution >= 0.6 is 11.6 Å². The first kappa shape index (κ1) is 11.6. The number of Topliss-reactive ketones (excluding diaryl/α,β-unsaturated/α-hetero) is 1. The Kier molecular flexibility index (Phi) is 3.28. The van der Waals surface area contributed by atoms with Gasteiger partial charge in [0.25, 0.3) is 0 Å². The number of ketones is 1. The molecule has 0 amide bonds. The second kappa shape index (κ2) is 4.53. The van der Waals surface area contributed by atoms with Gasteiger partial charge < -0.3 is 10.1 Å². The van der Waals surface area contributed by atoms with Crippen molar-refractivity contribution in [3.63, 3.8) is 0 Å². The molecular formula is C12H14ClNO2. The summed E-state index contributed by atoms with van der Waals surface area (Å²) in [5, 5.41) is 3.75. The number of ether oxygens (including phenoxy) is 1. The minimum Gasteiger partial charge on any atom is -0.360 e. The Labute approximate surface area is 99.7 Å². The zero-order valence-corrected chi connectivity index (χ0v) is 9.88. The molecule has 1 unspecified atom stereocenters. The number of rotatable bonds is 2. The van der Waals surface area contributed by atoms with Crippen LogP contribution in [0.25, 0.3) is 0 Å². The molecule has 0 spiro atoms. The Morgan fingerprint density at radius 2 is 2.25 bits per heavy atom. The van der Waals surface area contributed by atoms with Crippen LogP contribution in [0.15, 0.2) is 24.3 Å². The van der Waals surface area contributed by atoms with Crippen molar-refractivity contribution in [3.05, 3.63) is 34.9 Å². The van der Waals surface area contributed by atoms with Gasteiger partial charge in [-0.25, -0.2) is 0 Å². The van der Waals surface area contributed by atoms with E-state index >= 15 is 0 Å². The van der Waals surface area contributed by atoms with Gasteiger partial charge in [-0.1, -0.05) is 29.8 Å². The molecule has 1 atom stereocenters. The van der Waals surface area contributed by atoms with Gasteiger partial charge in [0.15, 0.2) is 11.4 Å². The van der Waals surface area contributed by atoms with Crippen molar-refractivity contribution in [3.8, 4) is 0 Å². The second-order valence-electron chi connectivity index (χ2n) is 3.89. The van der Waals surface area contributed by atoms with Gasteiger partial charge >= 0.3 is 0 Å². The highest BCUT2D eigenvalue weighted by Gasteiger charge is 2.41. The third-order valence-electron chi connectivity index (χ3n) is 2.88. The van der Waals surface area contributed by atoms with Crippen LogP contribution in [0.4, 0.5) is 0 Å². The van der Waals surface area contributed by atoms with Crippen LogP contribution in [-0.4, -0.2) is 25.5 Å². The molecule has 3 nitrogen and oxygen atoms in total. The summed E-state index contributed by atoms with van der Waals surface area (Å²) >= 11 is 6.13. The number of nitrogens with one attached hydrogen (secondary N) is 1. The zero-order valence-electron chi connectivity index (χ0n) is 9.13. The quantitative estimate of drug-likeness (QED) is 0.855. The van der Waals surface area contributed by atoms with Crippen LogP contribution in [-0.2, 0) is 15.1 Å². The van der Waals surface area contributed by atoms with E-state index in [2.05, 4.69) is 5.32 Å². The van der Waals surface area contributed by atoms with Crippen molar-refractivity contribution in [2.45, 2.75) is 12.5 Å². The van der Waals surface area contributed by atoms with Gasteiger partial charge in [0.05, 0.1) is 6.61 Å². The Morgan fingerprint density at radius 1 is 1.50 bits per heavy atom. The molecule has 1 heterocycles. The summed E-state index contributed by atoms with van der Waals surface area (Å²) in [5.41, 5.74) is -0.173. The number of benzene rings is 1. The van der Waals surface area contributed by atoms with Gasteiger partial charge in [-0.05, 0) is 13.0 Å². The van der Waals surface area contributed by atoms with Crippen LogP contribution in [0, 0.1) is 0 Å². The lowest BCUT2D eigenvalue weighted by Gasteiger charge is -2.36. The molecule has 1 N–H and O–H groups in total. The lowest BCUT2D eigenvalue weighted by Crippen LogP contribution is -2.52. The summed E-state index contributed by atoms with van der Waals surface area (Å²) in [6.07, 6.45) is 0. The van der Waals surface area contributed by atoms with Crippen LogP contribution in [0.5, 0.6) is 0 Å². The summed E-state index contributed by atoms with van der Waals surface area (Å²) < 4.78 is 5.70. The minimum absolute atomic E-state index is 0.0206. The molecule has 1 aliphatic heterocycles. The van der Waals surface area contributed by atoms with Crippen molar-refractivity contribution < 1.29 is 9.53 Å². The van der Waals surface area contributed by atoms with Gasteiger partial charge in [0, 0.05) is 23.7 Å². The van der Waals surface area contributed by atoms with Gasteiger partial charge in [0.1, 0.15) is 0 Å². The van der Waals surface area contributed by atoms with Crippen molar-refractivity contribution >= 4 is 17.4 Å². The van der Waals surface area contributed by atoms with Crippen LogP contribution in [0.3, 0.4) is 0 Å². The normalized spacial score (nSPS) is 25.4. The molecule has 16 heavy (non-hydrogen) atoms. The lowest BCUT2D eigenvalue weighted by atomic mass is 9.88. The topological polar surface area (TPSA) is 38.3 Å². The molecule has 1 fully saturated rings. The number of carbonyl (C=O) groups is 1. The highest BCUT2D eigenvalue weighted by molar-refractivity contribution is 6.31. The highest BCUT2D eigenvalue weighted by atomic mass is 35.5. The van der Waals surface area contributed by atoms with E-state index in [1.54, 1.807) is 6.07 Å². The highest BCUT2D eigenvalue weighted by Crippen LogP contribution is 2.33. The first-order valence-electron chi connectivity index (χ1n) is 5.27. The summed E-state index contributed by atoms with van der Waals surface area (Å²) in [5.74, 6) is -0.0206. The van der Waals surface area contributed by atoms with E-state index in [-0.39, 0.29) is 5.78 Å². The number of hydrogen-bond donors (Lipinski definition) is 1. The summed E-state index contributed by atoms with van der Waals surface area (Å²) in [6, 6.07) is 7.33. The molecular weight excluding hydrogens is 226 g/mol. The number of hydrogen-bond acceptors (Lipinski definition) is 3. The Morgan fingerprint density at radius 3 is 2.81 bits per heavy atom. The number of carbonyl (C=O) groups excluding carboxylic acids is 1. The van der Waals surface area contributed by atoms with Crippen molar-refractivity contribution in [1.82, 2.24) is 5.32 Å². The lowest BCUT2D eigenvalue weighted by molar-refractivity contribution is -0.147. The van der Waals surface area contributed by atoms with E-state index in [9.17, 15) is 4.79 Å². The number of morpholine rings is 1. The average Bonchev–Trinajstić information content (AvgIpc) is 2.30. The van der Waals surface area contributed by atoms with Crippen LogP contribution in [0.2, 0.25) is 5.02 Å².